The van der Waals surface area contributed by atoms with Gasteiger partial charge in [-0.25, -0.2) is 9.59 Å². The van der Waals surface area contributed by atoms with Gasteiger partial charge in [-0.3, -0.25) is 0 Å². The number of carbonyl (C=O) groups excluding carboxylic acids is 2. The van der Waals surface area contributed by atoms with Crippen LogP contribution in [0, 0.1) is 13.8 Å². The molecule has 2 aromatic carbocycles. The zero-order valence-electron chi connectivity index (χ0n) is 18.5. The summed E-state index contributed by atoms with van der Waals surface area (Å²) in [6.45, 7) is 5.94. The third-order valence-corrected chi connectivity index (χ3v) is 5.26. The summed E-state index contributed by atoms with van der Waals surface area (Å²) in [5.41, 5.74) is 3.33. The molecule has 1 heterocycles. The van der Waals surface area contributed by atoms with Crippen molar-refractivity contribution in [2.45, 2.75) is 20.3 Å². The van der Waals surface area contributed by atoms with Crippen LogP contribution in [0.3, 0.4) is 0 Å². The van der Waals surface area contributed by atoms with Crippen molar-refractivity contribution in [3.63, 3.8) is 0 Å². The van der Waals surface area contributed by atoms with Crippen LogP contribution in [0.15, 0.2) is 36.4 Å². The van der Waals surface area contributed by atoms with E-state index in [1.165, 1.54) is 0 Å². The Bertz CT molecular complexity index is 872. The van der Waals surface area contributed by atoms with Crippen LogP contribution in [0.1, 0.15) is 17.5 Å². The number of nitrogens with one attached hydrogen (secondary N) is 2. The van der Waals surface area contributed by atoms with E-state index < -0.39 is 0 Å². The number of ether oxygens (including phenoxy) is 2. The lowest BCUT2D eigenvalue weighted by molar-refractivity contribution is 0.205. The van der Waals surface area contributed by atoms with E-state index >= 15 is 0 Å². The molecule has 1 aliphatic rings. The van der Waals surface area contributed by atoms with Gasteiger partial charge in [0, 0.05) is 26.2 Å². The molecule has 31 heavy (non-hydrogen) atoms. The van der Waals surface area contributed by atoms with Gasteiger partial charge in [0.1, 0.15) is 11.5 Å². The molecule has 2 N–H and O–H groups in total. The van der Waals surface area contributed by atoms with Crippen LogP contribution < -0.4 is 20.1 Å². The largest absolute Gasteiger partial charge is 0.495 e. The van der Waals surface area contributed by atoms with E-state index in [0.29, 0.717) is 55.5 Å². The summed E-state index contributed by atoms with van der Waals surface area (Å²) in [7, 11) is 3.15. The van der Waals surface area contributed by atoms with Crippen molar-refractivity contribution in [1.82, 2.24) is 9.80 Å². The Labute approximate surface area is 183 Å². The van der Waals surface area contributed by atoms with E-state index in [-0.39, 0.29) is 12.1 Å². The Kier molecular flexibility index (Phi) is 7.23. The molecule has 1 aliphatic heterocycles. The number of rotatable bonds is 4. The number of hydrogen-bond donors (Lipinski definition) is 2. The highest BCUT2D eigenvalue weighted by Crippen LogP contribution is 2.27. The van der Waals surface area contributed by atoms with Crippen LogP contribution in [0.25, 0.3) is 0 Å². The average molecular weight is 427 g/mol. The number of aryl methyl sites for hydroxylation is 2. The normalized spacial score (nSPS) is 13.9. The first-order chi connectivity index (χ1) is 14.9. The Balaban J connectivity index is 1.61. The number of anilines is 2. The molecule has 0 aromatic heterocycles. The van der Waals surface area contributed by atoms with Gasteiger partial charge in [0.2, 0.25) is 0 Å². The van der Waals surface area contributed by atoms with Crippen LogP contribution in [0.5, 0.6) is 11.5 Å². The van der Waals surface area contributed by atoms with Gasteiger partial charge in [0.25, 0.3) is 0 Å². The molecule has 0 bridgehead atoms. The maximum absolute atomic E-state index is 12.8. The minimum absolute atomic E-state index is 0.202. The van der Waals surface area contributed by atoms with Gasteiger partial charge in [-0.2, -0.15) is 0 Å². The fraction of sp³-hybridized carbons (Fsp3) is 0.391. The van der Waals surface area contributed by atoms with E-state index in [1.54, 1.807) is 24.0 Å². The number of nitrogens with zero attached hydrogens (tertiary/aromatic N) is 2. The molecular weight excluding hydrogens is 396 g/mol. The number of carbonyl (C=O) groups is 2. The monoisotopic (exact) mass is 426 g/mol. The number of methoxy groups -OCH3 is 2. The first-order valence-electron chi connectivity index (χ1n) is 10.3. The zero-order valence-corrected chi connectivity index (χ0v) is 18.5. The molecule has 8 heteroatoms. The molecule has 0 aliphatic carbocycles. The van der Waals surface area contributed by atoms with E-state index in [1.807, 2.05) is 50.2 Å². The first kappa shape index (κ1) is 22.3. The first-order valence-corrected chi connectivity index (χ1v) is 10.3. The smallest absolute Gasteiger partial charge is 0.322 e. The highest BCUT2D eigenvalue weighted by molar-refractivity contribution is 5.92. The second-order valence-electron chi connectivity index (χ2n) is 7.60. The van der Waals surface area contributed by atoms with Gasteiger partial charge in [-0.15, -0.1) is 0 Å². The molecule has 0 spiro atoms. The van der Waals surface area contributed by atoms with Gasteiger partial charge in [-0.05, 0) is 55.7 Å². The summed E-state index contributed by atoms with van der Waals surface area (Å²) in [5, 5.41) is 5.86. The Morgan fingerprint density at radius 2 is 1.16 bits per heavy atom. The molecule has 2 aromatic rings. The molecule has 0 saturated carbocycles. The van der Waals surface area contributed by atoms with Crippen molar-refractivity contribution >= 4 is 23.4 Å². The van der Waals surface area contributed by atoms with Crippen LogP contribution in [-0.2, 0) is 0 Å². The fourth-order valence-corrected chi connectivity index (χ4v) is 3.55. The minimum atomic E-state index is -0.202. The molecule has 1 saturated heterocycles. The van der Waals surface area contributed by atoms with Crippen molar-refractivity contribution in [1.29, 1.82) is 0 Å². The molecule has 8 nitrogen and oxygen atoms in total. The lowest BCUT2D eigenvalue weighted by Crippen LogP contribution is -2.40. The van der Waals surface area contributed by atoms with Gasteiger partial charge < -0.3 is 29.9 Å². The zero-order chi connectivity index (χ0) is 22.4. The van der Waals surface area contributed by atoms with E-state index in [9.17, 15) is 9.59 Å². The third-order valence-electron chi connectivity index (χ3n) is 5.26. The second kappa shape index (κ2) is 10.1. The lowest BCUT2D eigenvalue weighted by Gasteiger charge is -2.23. The Morgan fingerprint density at radius 3 is 1.55 bits per heavy atom. The molecular formula is C23H30N4O4. The fourth-order valence-electron chi connectivity index (χ4n) is 3.55. The van der Waals surface area contributed by atoms with Crippen molar-refractivity contribution in [3.8, 4) is 11.5 Å². The molecule has 0 unspecified atom stereocenters. The molecule has 3 rings (SSSR count). The highest BCUT2D eigenvalue weighted by Gasteiger charge is 2.23. The summed E-state index contributed by atoms with van der Waals surface area (Å²) >= 11 is 0. The number of hydrogen-bond acceptors (Lipinski definition) is 4. The van der Waals surface area contributed by atoms with Gasteiger partial charge in [0.15, 0.2) is 0 Å². The van der Waals surface area contributed by atoms with E-state index in [2.05, 4.69) is 10.6 Å². The summed E-state index contributed by atoms with van der Waals surface area (Å²) in [5.74, 6) is 1.23. The molecule has 0 radical (unpaired) electrons. The van der Waals surface area contributed by atoms with Crippen LogP contribution in [0.4, 0.5) is 21.0 Å². The predicted molar refractivity (Wildman–Crippen MR) is 121 cm³/mol. The third kappa shape index (κ3) is 5.59. The molecule has 166 valence electrons. The topological polar surface area (TPSA) is 83.1 Å². The average Bonchev–Trinajstić information content (AvgIpc) is 3.00. The number of urea groups is 2. The quantitative estimate of drug-likeness (QED) is 0.771. The minimum Gasteiger partial charge on any atom is -0.495 e. The molecule has 4 amide bonds. The van der Waals surface area contributed by atoms with Crippen LogP contribution >= 0.6 is 0 Å². The van der Waals surface area contributed by atoms with Crippen LogP contribution in [0.2, 0.25) is 0 Å². The molecule has 0 atom stereocenters. The van der Waals surface area contributed by atoms with Gasteiger partial charge in [0.05, 0.1) is 25.6 Å². The standard InChI is InChI=1S/C23H30N4O4/c1-16-6-8-20(30-3)18(14-16)24-22(28)26-10-5-11-27(13-12-26)23(29)25-19-15-17(2)7-9-21(19)31-4/h6-9,14-15H,5,10-13H2,1-4H3,(H,24,28)(H,25,29). The maximum Gasteiger partial charge on any atom is 0.322 e. The van der Waals surface area contributed by atoms with Gasteiger partial charge >= 0.3 is 12.1 Å². The summed E-state index contributed by atoms with van der Waals surface area (Å²) in [6, 6.07) is 10.9. The van der Waals surface area contributed by atoms with Crippen molar-refractivity contribution in [2.75, 3.05) is 51.0 Å². The lowest BCUT2D eigenvalue weighted by atomic mass is 10.2. The Morgan fingerprint density at radius 1 is 0.742 bits per heavy atom. The van der Waals surface area contributed by atoms with Gasteiger partial charge in [-0.1, -0.05) is 12.1 Å². The second-order valence-corrected chi connectivity index (χ2v) is 7.60. The molecule has 1 fully saturated rings. The summed E-state index contributed by atoms with van der Waals surface area (Å²) in [6.07, 6.45) is 0.691. The van der Waals surface area contributed by atoms with E-state index in [0.717, 1.165) is 11.1 Å². The number of amides is 4. The number of benzene rings is 2. The summed E-state index contributed by atoms with van der Waals surface area (Å²) < 4.78 is 10.7. The van der Waals surface area contributed by atoms with Crippen LogP contribution in [-0.4, -0.2) is 62.3 Å². The highest BCUT2D eigenvalue weighted by atomic mass is 16.5. The SMILES string of the molecule is COc1ccc(C)cc1NC(=O)N1CCCN(C(=O)Nc2cc(C)ccc2OC)CC1. The van der Waals surface area contributed by atoms with Crippen molar-refractivity contribution in [2.24, 2.45) is 0 Å². The predicted octanol–water partition coefficient (Wildman–Crippen LogP) is 4.09. The van der Waals surface area contributed by atoms with E-state index in [4.69, 9.17) is 9.47 Å². The maximum atomic E-state index is 12.8. The van der Waals surface area contributed by atoms with Crippen molar-refractivity contribution in [3.05, 3.63) is 47.5 Å². The van der Waals surface area contributed by atoms with Crippen molar-refractivity contribution < 1.29 is 19.1 Å². The summed E-state index contributed by atoms with van der Waals surface area (Å²) in [4.78, 5) is 29.1. The Hall–Kier alpha value is -3.42.